The summed E-state index contributed by atoms with van der Waals surface area (Å²) in [5.74, 6) is 0.775. The van der Waals surface area contributed by atoms with Crippen LogP contribution in [0.4, 0.5) is 6.01 Å². The van der Waals surface area contributed by atoms with E-state index in [0.29, 0.717) is 29.8 Å². The lowest BCUT2D eigenvalue weighted by Gasteiger charge is -2.03. The van der Waals surface area contributed by atoms with Crippen LogP contribution < -0.4 is 10.1 Å². The van der Waals surface area contributed by atoms with Crippen LogP contribution in [0.15, 0.2) is 52.9 Å². The third-order valence-corrected chi connectivity index (χ3v) is 3.14. The second kappa shape index (κ2) is 6.17. The number of phenols is 1. The quantitative estimate of drug-likeness (QED) is 0.753. The molecule has 0 radical (unpaired) electrons. The highest BCUT2D eigenvalue weighted by Crippen LogP contribution is 2.31. The molecule has 0 aliphatic rings. The molecule has 3 rings (SSSR count). The zero-order valence-corrected chi connectivity index (χ0v) is 12.0. The molecule has 0 atom stereocenters. The number of nitrogens with zero attached hydrogens (tertiary/aromatic N) is 2. The third kappa shape index (κ3) is 3.01. The minimum atomic E-state index is 0.0631. The first-order valence-electron chi connectivity index (χ1n) is 6.75. The van der Waals surface area contributed by atoms with Crippen LogP contribution in [0.2, 0.25) is 0 Å². The van der Waals surface area contributed by atoms with Crippen LogP contribution in [0.3, 0.4) is 0 Å². The second-order valence-corrected chi connectivity index (χ2v) is 4.64. The summed E-state index contributed by atoms with van der Waals surface area (Å²) in [6, 6.07) is 15.1. The Morgan fingerprint density at radius 1 is 1.14 bits per heavy atom. The van der Waals surface area contributed by atoms with E-state index in [2.05, 4.69) is 15.5 Å². The first kappa shape index (κ1) is 13.9. The second-order valence-electron chi connectivity index (χ2n) is 4.64. The molecule has 0 amide bonds. The van der Waals surface area contributed by atoms with E-state index in [-0.39, 0.29) is 5.75 Å². The topological polar surface area (TPSA) is 80.4 Å². The molecule has 6 nitrogen and oxygen atoms in total. The number of hydrogen-bond donors (Lipinski definition) is 2. The van der Waals surface area contributed by atoms with Crippen LogP contribution in [0, 0.1) is 0 Å². The molecule has 0 bridgehead atoms. The first-order valence-corrected chi connectivity index (χ1v) is 6.75. The van der Waals surface area contributed by atoms with Crippen molar-refractivity contribution in [3.8, 4) is 23.0 Å². The van der Waals surface area contributed by atoms with Gasteiger partial charge in [0.15, 0.2) is 11.5 Å². The monoisotopic (exact) mass is 297 g/mol. The summed E-state index contributed by atoms with van der Waals surface area (Å²) in [5, 5.41) is 20.6. The zero-order chi connectivity index (χ0) is 15.4. The Morgan fingerprint density at radius 2 is 1.95 bits per heavy atom. The Bertz CT molecular complexity index is 756. The summed E-state index contributed by atoms with van der Waals surface area (Å²) >= 11 is 0. The predicted octanol–water partition coefficient (Wildman–Crippen LogP) is 3.06. The Labute approximate surface area is 127 Å². The van der Waals surface area contributed by atoms with Crippen molar-refractivity contribution >= 4 is 6.01 Å². The molecule has 6 heteroatoms. The van der Waals surface area contributed by atoms with E-state index in [0.717, 1.165) is 5.56 Å². The summed E-state index contributed by atoms with van der Waals surface area (Å²) in [4.78, 5) is 0. The molecular weight excluding hydrogens is 282 g/mol. The molecule has 3 aromatic rings. The molecule has 0 unspecified atom stereocenters. The number of nitrogens with one attached hydrogen (secondary N) is 1. The van der Waals surface area contributed by atoms with Gasteiger partial charge in [0, 0.05) is 12.1 Å². The van der Waals surface area contributed by atoms with Gasteiger partial charge in [-0.05, 0) is 23.8 Å². The van der Waals surface area contributed by atoms with Crippen LogP contribution in [-0.2, 0) is 6.54 Å². The molecule has 0 aliphatic carbocycles. The number of anilines is 1. The van der Waals surface area contributed by atoms with Gasteiger partial charge in [0.25, 0.3) is 0 Å². The number of phenolic OH excluding ortho intramolecular Hbond substituents is 1. The summed E-state index contributed by atoms with van der Waals surface area (Å²) in [7, 11) is 1.49. The van der Waals surface area contributed by atoms with Gasteiger partial charge >= 0.3 is 6.01 Å². The van der Waals surface area contributed by atoms with E-state index < -0.39 is 0 Å². The van der Waals surface area contributed by atoms with Crippen LogP contribution >= 0.6 is 0 Å². The third-order valence-electron chi connectivity index (χ3n) is 3.14. The lowest BCUT2D eigenvalue weighted by molar-refractivity contribution is 0.373. The Kier molecular flexibility index (Phi) is 3.91. The van der Waals surface area contributed by atoms with Crippen LogP contribution in [0.1, 0.15) is 5.56 Å². The normalized spacial score (nSPS) is 10.4. The van der Waals surface area contributed by atoms with Crippen molar-refractivity contribution in [3.05, 3.63) is 54.1 Å². The minimum absolute atomic E-state index is 0.0631. The van der Waals surface area contributed by atoms with E-state index in [4.69, 9.17) is 9.15 Å². The molecule has 1 aromatic heterocycles. The lowest BCUT2D eigenvalue weighted by atomic mass is 10.2. The Morgan fingerprint density at radius 3 is 2.73 bits per heavy atom. The maximum absolute atomic E-state index is 9.59. The van der Waals surface area contributed by atoms with Gasteiger partial charge in [-0.15, -0.1) is 5.10 Å². The first-order chi connectivity index (χ1) is 10.8. The van der Waals surface area contributed by atoms with Crippen molar-refractivity contribution in [2.45, 2.75) is 6.54 Å². The van der Waals surface area contributed by atoms with Crippen molar-refractivity contribution in [2.24, 2.45) is 0 Å². The largest absolute Gasteiger partial charge is 0.504 e. The molecule has 0 saturated heterocycles. The number of aromatic nitrogens is 2. The number of ether oxygens (including phenoxy) is 1. The summed E-state index contributed by atoms with van der Waals surface area (Å²) in [5.41, 5.74) is 1.79. The molecule has 1 heterocycles. The van der Waals surface area contributed by atoms with Gasteiger partial charge in [-0.3, -0.25) is 0 Å². The fraction of sp³-hybridized carbons (Fsp3) is 0.125. The Balaban J connectivity index is 1.73. The molecule has 112 valence electrons. The van der Waals surface area contributed by atoms with Gasteiger partial charge in [-0.25, -0.2) is 0 Å². The van der Waals surface area contributed by atoms with Crippen molar-refractivity contribution < 1.29 is 14.3 Å². The molecule has 0 fully saturated rings. The predicted molar refractivity (Wildman–Crippen MR) is 81.7 cm³/mol. The molecule has 2 aromatic carbocycles. The molecule has 0 saturated carbocycles. The summed E-state index contributed by atoms with van der Waals surface area (Å²) < 4.78 is 10.6. The maximum Gasteiger partial charge on any atom is 0.316 e. The number of hydrogen-bond acceptors (Lipinski definition) is 6. The van der Waals surface area contributed by atoms with Crippen molar-refractivity contribution in [2.75, 3.05) is 12.4 Å². The van der Waals surface area contributed by atoms with Crippen molar-refractivity contribution in [1.29, 1.82) is 0 Å². The van der Waals surface area contributed by atoms with Gasteiger partial charge in [0.2, 0.25) is 5.89 Å². The SMILES string of the molecule is COc1cc(-c2nnc(NCc3ccccc3)o2)ccc1O. The molecule has 2 N–H and O–H groups in total. The van der Waals surface area contributed by atoms with Gasteiger partial charge in [-0.1, -0.05) is 35.4 Å². The number of methoxy groups -OCH3 is 1. The molecule has 22 heavy (non-hydrogen) atoms. The molecular formula is C16H15N3O3. The number of benzene rings is 2. The molecule has 0 aliphatic heterocycles. The fourth-order valence-electron chi connectivity index (χ4n) is 2.00. The highest BCUT2D eigenvalue weighted by atomic mass is 16.5. The lowest BCUT2D eigenvalue weighted by Crippen LogP contribution is -1.98. The number of aromatic hydroxyl groups is 1. The average molecular weight is 297 g/mol. The van der Waals surface area contributed by atoms with E-state index in [1.165, 1.54) is 13.2 Å². The standard InChI is InChI=1S/C16H15N3O3/c1-21-14-9-12(7-8-13(14)20)15-18-19-16(22-15)17-10-11-5-3-2-4-6-11/h2-9,20H,10H2,1H3,(H,17,19). The zero-order valence-electron chi connectivity index (χ0n) is 12.0. The van der Waals surface area contributed by atoms with Gasteiger partial charge in [0.1, 0.15) is 0 Å². The van der Waals surface area contributed by atoms with Gasteiger partial charge in [-0.2, -0.15) is 0 Å². The number of rotatable bonds is 5. The highest BCUT2D eigenvalue weighted by Gasteiger charge is 2.11. The van der Waals surface area contributed by atoms with E-state index in [1.807, 2.05) is 30.3 Å². The summed E-state index contributed by atoms with van der Waals surface area (Å²) in [6.45, 7) is 0.599. The van der Waals surface area contributed by atoms with Crippen LogP contribution in [0.25, 0.3) is 11.5 Å². The molecule has 0 spiro atoms. The Hall–Kier alpha value is -3.02. The van der Waals surface area contributed by atoms with Crippen LogP contribution in [-0.4, -0.2) is 22.4 Å². The highest BCUT2D eigenvalue weighted by molar-refractivity contribution is 5.59. The average Bonchev–Trinajstić information content (AvgIpc) is 3.03. The van der Waals surface area contributed by atoms with Gasteiger partial charge < -0.3 is 19.6 Å². The van der Waals surface area contributed by atoms with E-state index in [9.17, 15) is 5.11 Å². The van der Waals surface area contributed by atoms with E-state index in [1.54, 1.807) is 12.1 Å². The van der Waals surface area contributed by atoms with E-state index >= 15 is 0 Å². The fourth-order valence-corrected chi connectivity index (χ4v) is 2.00. The minimum Gasteiger partial charge on any atom is -0.504 e. The van der Waals surface area contributed by atoms with Crippen molar-refractivity contribution in [3.63, 3.8) is 0 Å². The smallest absolute Gasteiger partial charge is 0.316 e. The summed E-state index contributed by atoms with van der Waals surface area (Å²) in [6.07, 6.45) is 0. The maximum atomic E-state index is 9.59. The van der Waals surface area contributed by atoms with Crippen LogP contribution in [0.5, 0.6) is 11.5 Å². The van der Waals surface area contributed by atoms with Gasteiger partial charge in [0.05, 0.1) is 7.11 Å². The van der Waals surface area contributed by atoms with Crippen molar-refractivity contribution in [1.82, 2.24) is 10.2 Å².